The molecule has 0 spiro atoms. The summed E-state index contributed by atoms with van der Waals surface area (Å²) in [6.07, 6.45) is 0. The summed E-state index contributed by atoms with van der Waals surface area (Å²) >= 11 is 6.13. The predicted octanol–water partition coefficient (Wildman–Crippen LogP) is 3.07. The minimum absolute atomic E-state index is 0.285. The van der Waals surface area contributed by atoms with Crippen molar-refractivity contribution < 1.29 is 4.79 Å². The van der Waals surface area contributed by atoms with Gasteiger partial charge >= 0.3 is 0 Å². The number of hydrogen-bond acceptors (Lipinski definition) is 3. The van der Waals surface area contributed by atoms with E-state index in [0.717, 1.165) is 11.3 Å². The number of carbonyl (C=O) groups excluding carboxylic acids is 1. The van der Waals surface area contributed by atoms with Crippen LogP contribution in [0.1, 0.15) is 15.9 Å². The summed E-state index contributed by atoms with van der Waals surface area (Å²) in [4.78, 5) is 11.2. The van der Waals surface area contributed by atoms with E-state index in [0.29, 0.717) is 16.4 Å². The number of benzene rings is 2. The van der Waals surface area contributed by atoms with Gasteiger partial charge in [-0.05, 0) is 42.8 Å². The Morgan fingerprint density at radius 1 is 1.21 bits per heavy atom. The molecule has 5 heteroatoms. The third-order valence-corrected chi connectivity index (χ3v) is 3.04. The maximum absolute atomic E-state index is 11.2. The molecule has 2 aromatic carbocycles. The second kappa shape index (κ2) is 5.20. The van der Waals surface area contributed by atoms with Crippen molar-refractivity contribution in [2.45, 2.75) is 6.92 Å². The Balaban J connectivity index is 2.33. The lowest BCUT2D eigenvalue weighted by molar-refractivity contribution is 0.100. The van der Waals surface area contributed by atoms with E-state index >= 15 is 0 Å². The normalized spacial score (nSPS) is 10.2. The van der Waals surface area contributed by atoms with Crippen LogP contribution in [0.4, 0.5) is 17.1 Å². The number of anilines is 3. The fraction of sp³-hybridized carbons (Fsp3) is 0.0714. The van der Waals surface area contributed by atoms with Gasteiger partial charge in [0.2, 0.25) is 0 Å². The number of amides is 1. The highest BCUT2D eigenvalue weighted by Crippen LogP contribution is 2.27. The molecule has 5 N–H and O–H groups in total. The van der Waals surface area contributed by atoms with E-state index in [4.69, 9.17) is 23.1 Å². The van der Waals surface area contributed by atoms with Crippen LogP contribution in [0.2, 0.25) is 5.02 Å². The van der Waals surface area contributed by atoms with Gasteiger partial charge in [0.05, 0.1) is 16.3 Å². The highest BCUT2D eigenvalue weighted by Gasteiger charge is 2.08. The molecule has 0 radical (unpaired) electrons. The number of carbonyl (C=O) groups is 1. The van der Waals surface area contributed by atoms with Crippen molar-refractivity contribution in [3.05, 3.63) is 52.5 Å². The van der Waals surface area contributed by atoms with Gasteiger partial charge in [0.15, 0.2) is 0 Å². The lowest BCUT2D eigenvalue weighted by atomic mass is 10.1. The van der Waals surface area contributed by atoms with Crippen LogP contribution in [-0.4, -0.2) is 5.91 Å². The van der Waals surface area contributed by atoms with Crippen molar-refractivity contribution in [3.8, 4) is 0 Å². The number of rotatable bonds is 3. The Hall–Kier alpha value is -2.20. The van der Waals surface area contributed by atoms with Crippen LogP contribution in [-0.2, 0) is 0 Å². The van der Waals surface area contributed by atoms with Crippen molar-refractivity contribution in [1.29, 1.82) is 0 Å². The average molecular weight is 276 g/mol. The van der Waals surface area contributed by atoms with Crippen LogP contribution >= 0.6 is 11.6 Å². The van der Waals surface area contributed by atoms with E-state index in [9.17, 15) is 4.79 Å². The van der Waals surface area contributed by atoms with Crippen molar-refractivity contribution >= 4 is 34.6 Å². The van der Waals surface area contributed by atoms with Gasteiger partial charge in [0.25, 0.3) is 5.91 Å². The second-order valence-corrected chi connectivity index (χ2v) is 4.68. The molecule has 0 fully saturated rings. The van der Waals surface area contributed by atoms with Crippen LogP contribution in [0, 0.1) is 6.92 Å². The maximum atomic E-state index is 11.2. The monoisotopic (exact) mass is 275 g/mol. The van der Waals surface area contributed by atoms with Crippen molar-refractivity contribution in [3.63, 3.8) is 0 Å². The van der Waals surface area contributed by atoms with E-state index < -0.39 is 5.91 Å². The molecule has 0 saturated heterocycles. The number of hydrogen-bond donors (Lipinski definition) is 3. The van der Waals surface area contributed by atoms with E-state index in [1.807, 2.05) is 25.1 Å². The Labute approximate surface area is 116 Å². The molecule has 2 rings (SSSR count). The Morgan fingerprint density at radius 3 is 2.58 bits per heavy atom. The first kappa shape index (κ1) is 13.2. The quantitative estimate of drug-likeness (QED) is 0.753. The number of nitrogens with one attached hydrogen (secondary N) is 1. The number of primary amides is 1. The largest absolute Gasteiger partial charge is 0.398 e. The van der Waals surface area contributed by atoms with Gasteiger partial charge < -0.3 is 16.8 Å². The van der Waals surface area contributed by atoms with Crippen molar-refractivity contribution in [2.24, 2.45) is 5.73 Å². The van der Waals surface area contributed by atoms with Gasteiger partial charge in [-0.3, -0.25) is 4.79 Å². The molecule has 0 unspecified atom stereocenters. The van der Waals surface area contributed by atoms with E-state index in [1.54, 1.807) is 18.2 Å². The SMILES string of the molecule is Cc1ccc(Nc2ccc(N)c(C(N)=O)c2)c(Cl)c1. The minimum atomic E-state index is -0.559. The van der Waals surface area contributed by atoms with Crippen LogP contribution in [0.25, 0.3) is 0 Å². The molecule has 2 aromatic rings. The third kappa shape index (κ3) is 2.98. The van der Waals surface area contributed by atoms with Gasteiger partial charge in [-0.15, -0.1) is 0 Å². The van der Waals surface area contributed by atoms with Gasteiger partial charge in [0, 0.05) is 11.4 Å². The zero-order valence-electron chi connectivity index (χ0n) is 10.4. The average Bonchev–Trinajstić information content (AvgIpc) is 2.34. The summed E-state index contributed by atoms with van der Waals surface area (Å²) in [5, 5.41) is 3.74. The molecular formula is C14H14ClN3O. The van der Waals surface area contributed by atoms with Crippen molar-refractivity contribution in [1.82, 2.24) is 0 Å². The summed E-state index contributed by atoms with van der Waals surface area (Å²) in [5.41, 5.74) is 14.1. The molecule has 0 heterocycles. The molecule has 4 nitrogen and oxygen atoms in total. The molecular weight excluding hydrogens is 262 g/mol. The predicted molar refractivity (Wildman–Crippen MR) is 78.8 cm³/mol. The molecule has 19 heavy (non-hydrogen) atoms. The lowest BCUT2D eigenvalue weighted by Gasteiger charge is -2.11. The topological polar surface area (TPSA) is 81.1 Å². The smallest absolute Gasteiger partial charge is 0.250 e. The summed E-state index contributed by atoms with van der Waals surface area (Å²) in [6.45, 7) is 1.96. The molecule has 0 aliphatic rings. The maximum Gasteiger partial charge on any atom is 0.250 e. The third-order valence-electron chi connectivity index (χ3n) is 2.72. The van der Waals surface area contributed by atoms with Gasteiger partial charge in [-0.25, -0.2) is 0 Å². The van der Waals surface area contributed by atoms with E-state index in [2.05, 4.69) is 5.32 Å². The zero-order chi connectivity index (χ0) is 14.0. The highest BCUT2D eigenvalue weighted by molar-refractivity contribution is 6.33. The first-order chi connectivity index (χ1) is 8.97. The van der Waals surface area contributed by atoms with Gasteiger partial charge in [-0.2, -0.15) is 0 Å². The molecule has 0 aliphatic carbocycles. The molecule has 0 bridgehead atoms. The van der Waals surface area contributed by atoms with Crippen LogP contribution in [0.3, 0.4) is 0 Å². The number of nitrogens with two attached hydrogens (primary N) is 2. The lowest BCUT2D eigenvalue weighted by Crippen LogP contribution is -2.13. The Morgan fingerprint density at radius 2 is 1.95 bits per heavy atom. The van der Waals surface area contributed by atoms with Crippen LogP contribution < -0.4 is 16.8 Å². The second-order valence-electron chi connectivity index (χ2n) is 4.27. The fourth-order valence-electron chi connectivity index (χ4n) is 1.72. The highest BCUT2D eigenvalue weighted by atomic mass is 35.5. The summed E-state index contributed by atoms with van der Waals surface area (Å²) < 4.78 is 0. The molecule has 0 aliphatic heterocycles. The number of nitrogen functional groups attached to an aromatic ring is 1. The summed E-state index contributed by atoms with van der Waals surface area (Å²) in [6, 6.07) is 10.7. The molecule has 98 valence electrons. The van der Waals surface area contributed by atoms with Crippen LogP contribution in [0.15, 0.2) is 36.4 Å². The fourth-order valence-corrected chi connectivity index (χ4v) is 2.01. The Bertz CT molecular complexity index is 641. The molecule has 0 atom stereocenters. The standard InChI is InChI=1S/C14H14ClN3O/c1-8-2-5-13(11(15)6-8)18-9-3-4-12(16)10(7-9)14(17)19/h2-7,18H,16H2,1H3,(H2,17,19). The summed E-state index contributed by atoms with van der Waals surface area (Å²) in [5.74, 6) is -0.559. The number of halogens is 1. The first-order valence-electron chi connectivity index (χ1n) is 5.70. The van der Waals surface area contributed by atoms with E-state index in [-0.39, 0.29) is 5.56 Å². The Kier molecular flexibility index (Phi) is 3.62. The van der Waals surface area contributed by atoms with Crippen molar-refractivity contribution in [2.75, 3.05) is 11.1 Å². The molecule has 0 saturated carbocycles. The molecule has 0 aromatic heterocycles. The van der Waals surface area contributed by atoms with Gasteiger partial charge in [0.1, 0.15) is 0 Å². The van der Waals surface area contributed by atoms with Gasteiger partial charge in [-0.1, -0.05) is 17.7 Å². The van der Waals surface area contributed by atoms with E-state index in [1.165, 1.54) is 0 Å². The minimum Gasteiger partial charge on any atom is -0.398 e. The number of aryl methyl sites for hydroxylation is 1. The zero-order valence-corrected chi connectivity index (χ0v) is 11.2. The van der Waals surface area contributed by atoms with Crippen LogP contribution in [0.5, 0.6) is 0 Å². The molecule has 1 amide bonds. The first-order valence-corrected chi connectivity index (χ1v) is 6.07. The summed E-state index contributed by atoms with van der Waals surface area (Å²) in [7, 11) is 0.